The Balaban J connectivity index is 1.27. The quantitative estimate of drug-likeness (QED) is 0.572. The van der Waals surface area contributed by atoms with E-state index in [9.17, 15) is 14.4 Å². The summed E-state index contributed by atoms with van der Waals surface area (Å²) in [5, 5.41) is 14.7. The molecule has 7 heteroatoms. The van der Waals surface area contributed by atoms with E-state index in [0.29, 0.717) is 12.8 Å². The summed E-state index contributed by atoms with van der Waals surface area (Å²) >= 11 is 0. The molecule has 0 radical (unpaired) electrons. The summed E-state index contributed by atoms with van der Waals surface area (Å²) in [4.78, 5) is 37.0. The van der Waals surface area contributed by atoms with Gasteiger partial charge in [0.15, 0.2) is 0 Å². The smallest absolute Gasteiger partial charge is 0.408 e. The van der Waals surface area contributed by atoms with E-state index in [1.165, 1.54) is 0 Å². The van der Waals surface area contributed by atoms with Gasteiger partial charge in [0, 0.05) is 12.0 Å². The molecule has 2 amide bonds. The van der Waals surface area contributed by atoms with Crippen molar-refractivity contribution in [1.82, 2.24) is 10.6 Å². The SMILES string of the molecule is CC(CC(=O)O)NC(=O)C1(NC(=O)OCC2c3ccccc3-c3ccccc32)CC2(CCC2)C1. The van der Waals surface area contributed by atoms with Gasteiger partial charge in [-0.2, -0.15) is 0 Å². The molecule has 0 saturated heterocycles. The average molecular weight is 463 g/mol. The summed E-state index contributed by atoms with van der Waals surface area (Å²) in [7, 11) is 0. The van der Waals surface area contributed by atoms with Gasteiger partial charge in [-0.15, -0.1) is 0 Å². The average Bonchev–Trinajstić information content (AvgIpc) is 3.06. The molecule has 7 nitrogen and oxygen atoms in total. The number of alkyl carbamates (subject to hydrolysis) is 1. The summed E-state index contributed by atoms with van der Waals surface area (Å²) < 4.78 is 5.69. The van der Waals surface area contributed by atoms with Gasteiger partial charge in [-0.05, 0) is 60.3 Å². The number of amides is 2. The molecule has 2 fully saturated rings. The van der Waals surface area contributed by atoms with Crippen LogP contribution in [0.4, 0.5) is 4.79 Å². The first-order valence-corrected chi connectivity index (χ1v) is 12.0. The van der Waals surface area contributed by atoms with E-state index < -0.39 is 23.6 Å². The summed E-state index contributed by atoms with van der Waals surface area (Å²) in [5.74, 6) is -1.36. The van der Waals surface area contributed by atoms with Crippen LogP contribution in [0.1, 0.15) is 62.5 Å². The van der Waals surface area contributed by atoms with Gasteiger partial charge in [-0.25, -0.2) is 4.79 Å². The van der Waals surface area contributed by atoms with Gasteiger partial charge in [0.2, 0.25) is 5.91 Å². The van der Waals surface area contributed by atoms with Crippen LogP contribution in [0.5, 0.6) is 0 Å². The van der Waals surface area contributed by atoms with Crippen molar-refractivity contribution in [1.29, 1.82) is 0 Å². The number of hydrogen-bond acceptors (Lipinski definition) is 4. The minimum Gasteiger partial charge on any atom is -0.481 e. The number of nitrogens with one attached hydrogen (secondary N) is 2. The Bertz CT molecular complexity index is 1090. The number of rotatable bonds is 7. The maximum Gasteiger partial charge on any atom is 0.408 e. The van der Waals surface area contributed by atoms with Crippen molar-refractivity contribution in [3.63, 3.8) is 0 Å². The summed E-state index contributed by atoms with van der Waals surface area (Å²) in [6, 6.07) is 15.8. The number of ether oxygens (including phenoxy) is 1. The molecule has 178 valence electrons. The number of benzene rings is 2. The van der Waals surface area contributed by atoms with Crippen LogP contribution in [0.15, 0.2) is 48.5 Å². The highest BCUT2D eigenvalue weighted by atomic mass is 16.5. The zero-order valence-electron chi connectivity index (χ0n) is 19.3. The molecule has 5 rings (SSSR count). The Morgan fingerprint density at radius 1 is 1.03 bits per heavy atom. The Hall–Kier alpha value is -3.35. The number of carboxylic acids is 1. The fourth-order valence-electron chi connectivity index (χ4n) is 6.07. The molecule has 3 aliphatic carbocycles. The summed E-state index contributed by atoms with van der Waals surface area (Å²) in [6.45, 7) is 1.84. The topological polar surface area (TPSA) is 105 Å². The number of carbonyl (C=O) groups is 3. The second-order valence-electron chi connectivity index (χ2n) is 10.2. The molecule has 2 aromatic rings. The number of carboxylic acid groups (broad SMARTS) is 1. The molecule has 0 aliphatic heterocycles. The van der Waals surface area contributed by atoms with E-state index >= 15 is 0 Å². The first kappa shape index (κ1) is 22.4. The molecular formula is C27H30N2O5. The van der Waals surface area contributed by atoms with Crippen LogP contribution in [0, 0.1) is 5.41 Å². The molecule has 1 spiro atoms. The number of carbonyl (C=O) groups excluding carboxylic acids is 2. The van der Waals surface area contributed by atoms with Crippen molar-refractivity contribution < 1.29 is 24.2 Å². The van der Waals surface area contributed by atoms with Crippen LogP contribution in [0.25, 0.3) is 11.1 Å². The fourth-order valence-corrected chi connectivity index (χ4v) is 6.07. The molecule has 3 aliphatic rings. The Morgan fingerprint density at radius 3 is 2.15 bits per heavy atom. The van der Waals surface area contributed by atoms with Gasteiger partial charge in [0.25, 0.3) is 0 Å². The van der Waals surface area contributed by atoms with Gasteiger partial charge in [0.1, 0.15) is 12.1 Å². The van der Waals surface area contributed by atoms with E-state index in [0.717, 1.165) is 41.5 Å². The van der Waals surface area contributed by atoms with Crippen molar-refractivity contribution in [2.24, 2.45) is 5.41 Å². The molecule has 1 atom stereocenters. The van der Waals surface area contributed by atoms with E-state index in [4.69, 9.17) is 9.84 Å². The second kappa shape index (κ2) is 8.46. The first-order chi connectivity index (χ1) is 16.3. The van der Waals surface area contributed by atoms with E-state index in [1.54, 1.807) is 6.92 Å². The second-order valence-corrected chi connectivity index (χ2v) is 10.2. The maximum atomic E-state index is 13.1. The minimum atomic E-state index is -1.05. The van der Waals surface area contributed by atoms with E-state index in [1.807, 2.05) is 24.3 Å². The fraction of sp³-hybridized carbons (Fsp3) is 0.444. The third kappa shape index (κ3) is 3.93. The normalized spacial score (nSPS) is 19.7. The predicted octanol–water partition coefficient (Wildman–Crippen LogP) is 4.21. The lowest BCUT2D eigenvalue weighted by molar-refractivity contribution is -0.145. The van der Waals surface area contributed by atoms with Gasteiger partial charge in [0.05, 0.1) is 6.42 Å². The molecule has 0 bridgehead atoms. The lowest BCUT2D eigenvalue weighted by Gasteiger charge is -2.59. The van der Waals surface area contributed by atoms with Crippen LogP contribution in [-0.2, 0) is 14.3 Å². The van der Waals surface area contributed by atoms with Crippen LogP contribution in [0.2, 0.25) is 0 Å². The molecule has 34 heavy (non-hydrogen) atoms. The van der Waals surface area contributed by atoms with E-state index in [-0.39, 0.29) is 30.3 Å². The highest BCUT2D eigenvalue weighted by Crippen LogP contribution is 2.60. The maximum absolute atomic E-state index is 13.1. The van der Waals surface area contributed by atoms with Gasteiger partial charge in [-0.1, -0.05) is 55.0 Å². The highest BCUT2D eigenvalue weighted by molar-refractivity contribution is 5.92. The zero-order valence-corrected chi connectivity index (χ0v) is 19.3. The van der Waals surface area contributed by atoms with E-state index in [2.05, 4.69) is 34.9 Å². The molecule has 2 saturated carbocycles. The lowest BCUT2D eigenvalue weighted by atomic mass is 9.48. The summed E-state index contributed by atoms with van der Waals surface area (Å²) in [5.41, 5.74) is 3.63. The number of hydrogen-bond donors (Lipinski definition) is 3. The first-order valence-electron chi connectivity index (χ1n) is 12.0. The predicted molar refractivity (Wildman–Crippen MR) is 126 cm³/mol. The molecular weight excluding hydrogens is 432 g/mol. The Labute approximate surface area is 198 Å². The van der Waals surface area contributed by atoms with Crippen molar-refractivity contribution in [2.45, 2.75) is 62.9 Å². The Morgan fingerprint density at radius 2 is 1.62 bits per heavy atom. The van der Waals surface area contributed by atoms with Crippen LogP contribution < -0.4 is 10.6 Å². The number of fused-ring (bicyclic) bond motifs is 3. The van der Waals surface area contributed by atoms with Crippen molar-refractivity contribution in [3.05, 3.63) is 59.7 Å². The van der Waals surface area contributed by atoms with Crippen molar-refractivity contribution >= 4 is 18.0 Å². The van der Waals surface area contributed by atoms with Crippen molar-refractivity contribution in [2.75, 3.05) is 6.61 Å². The van der Waals surface area contributed by atoms with Crippen LogP contribution in [-0.4, -0.2) is 41.3 Å². The Kier molecular flexibility index (Phi) is 5.58. The molecule has 2 aromatic carbocycles. The van der Waals surface area contributed by atoms with Crippen molar-refractivity contribution in [3.8, 4) is 11.1 Å². The largest absolute Gasteiger partial charge is 0.481 e. The van der Waals surface area contributed by atoms with Crippen LogP contribution in [0.3, 0.4) is 0 Å². The molecule has 0 heterocycles. The molecule has 0 aromatic heterocycles. The third-order valence-corrected chi connectivity index (χ3v) is 7.75. The molecule has 3 N–H and O–H groups in total. The third-order valence-electron chi connectivity index (χ3n) is 7.75. The van der Waals surface area contributed by atoms with Gasteiger partial charge < -0.3 is 20.5 Å². The van der Waals surface area contributed by atoms with Gasteiger partial charge >= 0.3 is 12.1 Å². The lowest BCUT2D eigenvalue weighted by Crippen LogP contribution is -2.71. The number of aliphatic carboxylic acids is 1. The summed E-state index contributed by atoms with van der Waals surface area (Å²) in [6.07, 6.45) is 3.59. The monoisotopic (exact) mass is 462 g/mol. The minimum absolute atomic E-state index is 0.0575. The standard InChI is InChI=1S/C27H30N2O5/c1-17(13-23(30)31)28-24(32)27(15-26(16-27)11-6-12-26)29-25(33)34-14-22-20-9-4-2-7-18(20)19-8-3-5-10-21(19)22/h2-5,7-10,17,22H,6,11-16H2,1H3,(H,28,32)(H,29,33)(H,30,31). The van der Waals surface area contributed by atoms with Crippen LogP contribution >= 0.6 is 0 Å². The zero-order chi connectivity index (χ0) is 23.9. The van der Waals surface area contributed by atoms with Gasteiger partial charge in [-0.3, -0.25) is 9.59 Å². The molecule has 1 unspecified atom stereocenters. The highest BCUT2D eigenvalue weighted by Gasteiger charge is 2.61.